The lowest BCUT2D eigenvalue weighted by atomic mass is 9.93. The van der Waals surface area contributed by atoms with Crippen LogP contribution >= 0.6 is 0 Å². The lowest BCUT2D eigenvalue weighted by Gasteiger charge is -2.25. The van der Waals surface area contributed by atoms with Crippen LogP contribution in [-0.2, 0) is 9.53 Å². The smallest absolute Gasteiger partial charge is 0.412 e. The standard InChI is InChI=1S/C24H27NO8/c1-16(4-2-3-5-22(27)28)23(17-6-9-19(10-7-17)30-13-12-26)33-24(29)25-18-8-11-20-21(14-18)32-15-31-20/h3,5-11,14,16,23,26H,2,4,12-13,15H2,1H3,(H,25,29)(H,27,28)/b5-3+/t16-,23-/m0/s1. The van der Waals surface area contributed by atoms with Gasteiger partial charge >= 0.3 is 12.1 Å². The largest absolute Gasteiger partial charge is 0.491 e. The number of benzene rings is 2. The first-order valence-corrected chi connectivity index (χ1v) is 10.6. The van der Waals surface area contributed by atoms with Crippen molar-refractivity contribution in [3.63, 3.8) is 0 Å². The molecule has 0 bridgehead atoms. The highest BCUT2D eigenvalue weighted by Gasteiger charge is 2.24. The van der Waals surface area contributed by atoms with Gasteiger partial charge in [0.1, 0.15) is 18.5 Å². The van der Waals surface area contributed by atoms with Crippen molar-refractivity contribution < 1.29 is 38.7 Å². The second-order valence-corrected chi connectivity index (χ2v) is 7.46. The van der Waals surface area contributed by atoms with Gasteiger partial charge in [-0.25, -0.2) is 9.59 Å². The minimum atomic E-state index is -1.00. The number of hydrogen-bond donors (Lipinski definition) is 3. The topological polar surface area (TPSA) is 124 Å². The van der Waals surface area contributed by atoms with Gasteiger partial charge in [0.05, 0.1) is 6.61 Å². The normalized spacial score (nSPS) is 14.0. The number of aliphatic hydroxyl groups is 1. The molecule has 0 aliphatic carbocycles. The summed E-state index contributed by atoms with van der Waals surface area (Å²) >= 11 is 0. The second kappa shape index (κ2) is 11.8. The number of carboxylic acids is 1. The van der Waals surface area contributed by atoms with E-state index in [9.17, 15) is 9.59 Å². The molecule has 9 nitrogen and oxygen atoms in total. The van der Waals surface area contributed by atoms with Gasteiger partial charge in [0.2, 0.25) is 6.79 Å². The minimum absolute atomic E-state index is 0.0889. The first-order chi connectivity index (χ1) is 16.0. The van der Waals surface area contributed by atoms with Crippen LogP contribution in [0.1, 0.15) is 31.4 Å². The van der Waals surface area contributed by atoms with Crippen LogP contribution in [-0.4, -0.2) is 42.3 Å². The zero-order chi connectivity index (χ0) is 23.6. The summed E-state index contributed by atoms with van der Waals surface area (Å²) in [4.78, 5) is 23.4. The first-order valence-electron chi connectivity index (χ1n) is 10.6. The maximum atomic E-state index is 12.7. The molecule has 9 heteroatoms. The minimum Gasteiger partial charge on any atom is -0.491 e. The van der Waals surface area contributed by atoms with E-state index in [1.807, 2.05) is 6.92 Å². The second-order valence-electron chi connectivity index (χ2n) is 7.46. The van der Waals surface area contributed by atoms with Crippen LogP contribution in [0, 0.1) is 5.92 Å². The van der Waals surface area contributed by atoms with Crippen LogP contribution in [0.15, 0.2) is 54.6 Å². The van der Waals surface area contributed by atoms with Crippen molar-refractivity contribution in [2.75, 3.05) is 25.3 Å². The van der Waals surface area contributed by atoms with Crippen molar-refractivity contribution in [2.45, 2.75) is 25.9 Å². The molecule has 1 aliphatic rings. The highest BCUT2D eigenvalue weighted by Crippen LogP contribution is 2.35. The number of carbonyl (C=O) groups is 2. The predicted octanol–water partition coefficient (Wildman–Crippen LogP) is 4.13. The van der Waals surface area contributed by atoms with Crippen LogP contribution in [0.3, 0.4) is 0 Å². The van der Waals surface area contributed by atoms with E-state index in [4.69, 9.17) is 29.2 Å². The molecule has 0 saturated carbocycles. The lowest BCUT2D eigenvalue weighted by molar-refractivity contribution is -0.131. The van der Waals surface area contributed by atoms with Crippen molar-refractivity contribution in [1.29, 1.82) is 0 Å². The van der Waals surface area contributed by atoms with Crippen molar-refractivity contribution in [3.8, 4) is 17.2 Å². The van der Waals surface area contributed by atoms with E-state index < -0.39 is 18.2 Å². The third kappa shape index (κ3) is 7.15. The Morgan fingerprint density at radius 1 is 1.15 bits per heavy atom. The third-order valence-corrected chi connectivity index (χ3v) is 4.99. The average molecular weight is 457 g/mol. The molecular formula is C24H27NO8. The van der Waals surface area contributed by atoms with Crippen molar-refractivity contribution in [1.82, 2.24) is 0 Å². The molecule has 3 N–H and O–H groups in total. The molecule has 0 fully saturated rings. The fourth-order valence-electron chi connectivity index (χ4n) is 3.36. The molecular weight excluding hydrogens is 430 g/mol. The lowest BCUT2D eigenvalue weighted by Crippen LogP contribution is -2.22. The Kier molecular flexibility index (Phi) is 8.54. The number of allylic oxidation sites excluding steroid dienone is 1. The van der Waals surface area contributed by atoms with Gasteiger partial charge < -0.3 is 29.2 Å². The summed E-state index contributed by atoms with van der Waals surface area (Å²) in [6.45, 7) is 2.17. The Balaban J connectivity index is 1.69. The number of amides is 1. The summed E-state index contributed by atoms with van der Waals surface area (Å²) in [7, 11) is 0. The van der Waals surface area contributed by atoms with Gasteiger partial charge in [-0.2, -0.15) is 0 Å². The van der Waals surface area contributed by atoms with Crippen molar-refractivity contribution >= 4 is 17.7 Å². The highest BCUT2D eigenvalue weighted by atomic mass is 16.7. The van der Waals surface area contributed by atoms with Crippen molar-refractivity contribution in [2.24, 2.45) is 5.92 Å². The highest BCUT2D eigenvalue weighted by molar-refractivity contribution is 5.85. The number of ether oxygens (including phenoxy) is 4. The van der Waals surface area contributed by atoms with Gasteiger partial charge in [0.25, 0.3) is 0 Å². The number of nitrogens with one attached hydrogen (secondary N) is 1. The van der Waals surface area contributed by atoms with Gasteiger partial charge in [-0.15, -0.1) is 0 Å². The number of aliphatic carboxylic acids is 1. The average Bonchev–Trinajstić information content (AvgIpc) is 3.27. The van der Waals surface area contributed by atoms with E-state index in [-0.39, 0.29) is 25.9 Å². The van der Waals surface area contributed by atoms with Gasteiger partial charge in [-0.1, -0.05) is 25.1 Å². The van der Waals surface area contributed by atoms with E-state index in [0.717, 1.165) is 11.6 Å². The van der Waals surface area contributed by atoms with Crippen LogP contribution in [0.5, 0.6) is 17.2 Å². The summed E-state index contributed by atoms with van der Waals surface area (Å²) in [5.74, 6) is 0.639. The van der Waals surface area contributed by atoms with Gasteiger partial charge in [0, 0.05) is 17.8 Å². The Morgan fingerprint density at radius 3 is 2.64 bits per heavy atom. The van der Waals surface area contributed by atoms with Crippen molar-refractivity contribution in [3.05, 3.63) is 60.2 Å². The van der Waals surface area contributed by atoms with Crippen LogP contribution in [0.4, 0.5) is 10.5 Å². The third-order valence-electron chi connectivity index (χ3n) is 4.99. The van der Waals surface area contributed by atoms with E-state index in [1.54, 1.807) is 48.5 Å². The molecule has 33 heavy (non-hydrogen) atoms. The number of aliphatic hydroxyl groups excluding tert-OH is 1. The first kappa shape index (κ1) is 23.9. The monoisotopic (exact) mass is 457 g/mol. The molecule has 2 atom stereocenters. The van der Waals surface area contributed by atoms with Gasteiger partial charge in [-0.05, 0) is 48.6 Å². The summed E-state index contributed by atoms with van der Waals surface area (Å²) in [6, 6.07) is 12.1. The fourth-order valence-corrected chi connectivity index (χ4v) is 3.36. The summed E-state index contributed by atoms with van der Waals surface area (Å²) in [5, 5.41) is 20.4. The number of carboxylic acid groups (broad SMARTS) is 1. The molecule has 0 unspecified atom stereocenters. The zero-order valence-corrected chi connectivity index (χ0v) is 18.2. The van der Waals surface area contributed by atoms with E-state index in [2.05, 4.69) is 5.32 Å². The molecule has 1 amide bonds. The number of carbonyl (C=O) groups excluding carboxylic acids is 1. The molecule has 2 aromatic carbocycles. The molecule has 3 rings (SSSR count). The number of fused-ring (bicyclic) bond motifs is 1. The van der Waals surface area contributed by atoms with Crippen LogP contribution in [0.25, 0.3) is 0 Å². The molecule has 0 saturated heterocycles. The van der Waals surface area contributed by atoms with Gasteiger partial charge in [-0.3, -0.25) is 5.32 Å². The quantitative estimate of drug-likeness (QED) is 0.430. The molecule has 1 aliphatic heterocycles. The summed E-state index contributed by atoms with van der Waals surface area (Å²) in [5.41, 5.74) is 1.27. The predicted molar refractivity (Wildman–Crippen MR) is 120 cm³/mol. The molecule has 2 aromatic rings. The maximum absolute atomic E-state index is 12.7. The zero-order valence-electron chi connectivity index (χ0n) is 18.2. The Bertz CT molecular complexity index is 973. The van der Waals surface area contributed by atoms with E-state index >= 15 is 0 Å². The van der Waals surface area contributed by atoms with E-state index in [1.165, 1.54) is 0 Å². The van der Waals surface area contributed by atoms with E-state index in [0.29, 0.717) is 35.8 Å². The fraction of sp³-hybridized carbons (Fsp3) is 0.333. The number of rotatable bonds is 11. The SMILES string of the molecule is C[C@@H](CC/C=C/C(=O)O)[C@H](OC(=O)Nc1ccc2c(c1)OCO2)c1ccc(OCCO)cc1. The maximum Gasteiger partial charge on any atom is 0.412 e. The van der Waals surface area contributed by atoms with Crippen LogP contribution < -0.4 is 19.5 Å². The Labute approximate surface area is 191 Å². The molecule has 0 aromatic heterocycles. The summed E-state index contributed by atoms with van der Waals surface area (Å²) in [6.07, 6.45) is 2.59. The number of anilines is 1. The van der Waals surface area contributed by atoms with Gasteiger partial charge in [0.15, 0.2) is 11.5 Å². The Morgan fingerprint density at radius 2 is 1.91 bits per heavy atom. The summed E-state index contributed by atoms with van der Waals surface area (Å²) < 4.78 is 21.8. The molecule has 0 spiro atoms. The van der Waals surface area contributed by atoms with Crippen LogP contribution in [0.2, 0.25) is 0 Å². The molecule has 176 valence electrons. The number of hydrogen-bond acceptors (Lipinski definition) is 7. The Hall–Kier alpha value is -3.72. The molecule has 0 radical (unpaired) electrons. The molecule has 1 heterocycles.